The lowest BCUT2D eigenvalue weighted by molar-refractivity contribution is -0.117. The van der Waals surface area contributed by atoms with Gasteiger partial charge in [-0.1, -0.05) is 25.0 Å². The zero-order valence-electron chi connectivity index (χ0n) is 10.2. The van der Waals surface area contributed by atoms with Gasteiger partial charge >= 0.3 is 0 Å². The van der Waals surface area contributed by atoms with Crippen LogP contribution in [0.2, 0.25) is 0 Å². The average molecular weight is 230 g/mol. The average Bonchev–Trinajstić information content (AvgIpc) is 2.86. The van der Waals surface area contributed by atoms with Crippen LogP contribution in [0.4, 0.5) is 5.69 Å². The molecule has 1 amide bonds. The molecule has 2 aliphatic rings. The van der Waals surface area contributed by atoms with Gasteiger partial charge in [0.2, 0.25) is 5.91 Å². The molecule has 3 rings (SSSR count). The maximum Gasteiger partial charge on any atom is 0.231 e. The van der Waals surface area contributed by atoms with Crippen LogP contribution in [0.15, 0.2) is 18.2 Å². The molecule has 1 aliphatic heterocycles. The second kappa shape index (κ2) is 3.57. The lowest BCUT2D eigenvalue weighted by Gasteiger charge is -2.25. The summed E-state index contributed by atoms with van der Waals surface area (Å²) in [5.74, 6) is 0.176. The van der Waals surface area contributed by atoms with E-state index >= 15 is 0 Å². The number of nitrogens with zero attached hydrogens (tertiary/aromatic N) is 1. The zero-order valence-corrected chi connectivity index (χ0v) is 10.2. The molecule has 0 saturated heterocycles. The van der Waals surface area contributed by atoms with E-state index in [1.54, 1.807) is 4.90 Å². The Bertz CT molecular complexity index is 475. The minimum Gasteiger partial charge on any atom is -0.321 e. The van der Waals surface area contributed by atoms with Crippen molar-refractivity contribution in [3.8, 4) is 0 Å². The quantitative estimate of drug-likeness (QED) is 0.801. The van der Waals surface area contributed by atoms with Crippen LogP contribution in [-0.4, -0.2) is 13.0 Å². The van der Waals surface area contributed by atoms with E-state index in [1.165, 1.54) is 18.4 Å². The second-order valence-corrected chi connectivity index (χ2v) is 5.34. The summed E-state index contributed by atoms with van der Waals surface area (Å²) in [4.78, 5) is 13.4. The Morgan fingerprint density at radius 3 is 2.71 bits per heavy atom. The molecular formula is C14H18N2O. The predicted octanol–water partition coefficient (Wildman–Crippen LogP) is 1.93. The van der Waals surface area contributed by atoms with Gasteiger partial charge in [0.05, 0.1) is 6.42 Å². The highest BCUT2D eigenvalue weighted by Crippen LogP contribution is 2.39. The van der Waals surface area contributed by atoms with Crippen molar-refractivity contribution in [1.82, 2.24) is 0 Å². The molecule has 0 radical (unpaired) electrons. The fourth-order valence-corrected chi connectivity index (χ4v) is 3.05. The number of fused-ring (bicyclic) bond motifs is 1. The third-order valence-corrected chi connectivity index (χ3v) is 4.23. The molecule has 1 aromatic carbocycles. The Balaban J connectivity index is 2.02. The number of nitrogens with two attached hydrogens (primary N) is 1. The molecule has 90 valence electrons. The van der Waals surface area contributed by atoms with E-state index in [2.05, 4.69) is 18.2 Å². The van der Waals surface area contributed by atoms with Gasteiger partial charge in [-0.3, -0.25) is 4.79 Å². The Labute approximate surface area is 102 Å². The van der Waals surface area contributed by atoms with E-state index in [-0.39, 0.29) is 11.4 Å². The SMILES string of the molecule is CN1C(=O)Cc2ccc(C3(N)CCCC3)cc21. The Morgan fingerprint density at radius 2 is 2.00 bits per heavy atom. The summed E-state index contributed by atoms with van der Waals surface area (Å²) in [5.41, 5.74) is 9.65. The molecule has 0 unspecified atom stereocenters. The van der Waals surface area contributed by atoms with Crippen molar-refractivity contribution in [1.29, 1.82) is 0 Å². The third-order valence-electron chi connectivity index (χ3n) is 4.23. The van der Waals surface area contributed by atoms with E-state index in [0.717, 1.165) is 24.1 Å². The van der Waals surface area contributed by atoms with Crippen LogP contribution in [0.25, 0.3) is 0 Å². The van der Waals surface area contributed by atoms with Gasteiger partial charge in [0.25, 0.3) is 0 Å². The summed E-state index contributed by atoms with van der Waals surface area (Å²) in [6, 6.07) is 6.29. The number of benzene rings is 1. The summed E-state index contributed by atoms with van der Waals surface area (Å²) in [6.07, 6.45) is 5.07. The van der Waals surface area contributed by atoms with Crippen molar-refractivity contribution in [3.63, 3.8) is 0 Å². The molecule has 0 spiro atoms. The Hall–Kier alpha value is -1.35. The summed E-state index contributed by atoms with van der Waals surface area (Å²) >= 11 is 0. The first kappa shape index (κ1) is 10.8. The number of hydrogen-bond donors (Lipinski definition) is 1. The number of rotatable bonds is 1. The molecule has 3 heteroatoms. The molecule has 3 nitrogen and oxygen atoms in total. The highest BCUT2D eigenvalue weighted by molar-refractivity contribution is 6.01. The van der Waals surface area contributed by atoms with Crippen molar-refractivity contribution < 1.29 is 4.79 Å². The van der Waals surface area contributed by atoms with Crippen LogP contribution in [0.3, 0.4) is 0 Å². The summed E-state index contributed by atoms with van der Waals surface area (Å²) in [5, 5.41) is 0. The number of carbonyl (C=O) groups is 1. The number of hydrogen-bond acceptors (Lipinski definition) is 2. The highest BCUT2D eigenvalue weighted by atomic mass is 16.2. The maximum atomic E-state index is 11.6. The number of likely N-dealkylation sites (N-methyl/N-ethyl adjacent to an activating group) is 1. The lowest BCUT2D eigenvalue weighted by Crippen LogP contribution is -2.33. The van der Waals surface area contributed by atoms with Crippen LogP contribution >= 0.6 is 0 Å². The van der Waals surface area contributed by atoms with Gasteiger partial charge in [-0.25, -0.2) is 0 Å². The summed E-state index contributed by atoms with van der Waals surface area (Å²) in [7, 11) is 1.84. The molecule has 1 fully saturated rings. The first-order valence-electron chi connectivity index (χ1n) is 6.29. The van der Waals surface area contributed by atoms with E-state index in [4.69, 9.17) is 5.73 Å². The molecule has 0 aromatic heterocycles. The predicted molar refractivity (Wildman–Crippen MR) is 67.9 cm³/mol. The largest absolute Gasteiger partial charge is 0.321 e. The molecule has 0 bridgehead atoms. The smallest absolute Gasteiger partial charge is 0.231 e. The number of carbonyl (C=O) groups excluding carboxylic acids is 1. The van der Waals surface area contributed by atoms with Gasteiger partial charge in [0, 0.05) is 18.3 Å². The van der Waals surface area contributed by atoms with Crippen LogP contribution < -0.4 is 10.6 Å². The minimum absolute atomic E-state index is 0.165. The van der Waals surface area contributed by atoms with E-state index < -0.39 is 0 Å². The summed E-state index contributed by atoms with van der Waals surface area (Å²) in [6.45, 7) is 0. The van der Waals surface area contributed by atoms with Crippen LogP contribution in [0.5, 0.6) is 0 Å². The van der Waals surface area contributed by atoms with E-state index in [0.29, 0.717) is 6.42 Å². The summed E-state index contributed by atoms with van der Waals surface area (Å²) < 4.78 is 0. The monoisotopic (exact) mass is 230 g/mol. The minimum atomic E-state index is -0.165. The first-order valence-corrected chi connectivity index (χ1v) is 6.29. The molecule has 1 heterocycles. The third kappa shape index (κ3) is 1.57. The van der Waals surface area contributed by atoms with Crippen LogP contribution in [0, 0.1) is 0 Å². The van der Waals surface area contributed by atoms with Gasteiger partial charge in [-0.2, -0.15) is 0 Å². The molecule has 1 aliphatic carbocycles. The lowest BCUT2D eigenvalue weighted by atomic mass is 9.88. The standard InChI is InChI=1S/C14H18N2O/c1-16-12-9-11(14(15)6-2-3-7-14)5-4-10(12)8-13(16)17/h4-5,9H,2-3,6-8,15H2,1H3. The molecular weight excluding hydrogens is 212 g/mol. The van der Waals surface area contributed by atoms with Gasteiger partial charge in [-0.05, 0) is 30.0 Å². The van der Waals surface area contributed by atoms with E-state index in [9.17, 15) is 4.79 Å². The molecule has 1 saturated carbocycles. The van der Waals surface area contributed by atoms with Gasteiger partial charge in [0.1, 0.15) is 0 Å². The Kier molecular flexibility index (Phi) is 2.26. The van der Waals surface area contributed by atoms with Crippen molar-refractivity contribution in [2.45, 2.75) is 37.6 Å². The number of amides is 1. The molecule has 0 atom stereocenters. The van der Waals surface area contributed by atoms with Gasteiger partial charge in [-0.15, -0.1) is 0 Å². The van der Waals surface area contributed by atoms with Crippen molar-refractivity contribution >= 4 is 11.6 Å². The van der Waals surface area contributed by atoms with Crippen LogP contribution in [-0.2, 0) is 16.8 Å². The van der Waals surface area contributed by atoms with Crippen LogP contribution in [0.1, 0.15) is 36.8 Å². The zero-order chi connectivity index (χ0) is 12.0. The molecule has 17 heavy (non-hydrogen) atoms. The normalized spacial score (nSPS) is 22.0. The topological polar surface area (TPSA) is 46.3 Å². The van der Waals surface area contributed by atoms with Crippen molar-refractivity contribution in [3.05, 3.63) is 29.3 Å². The van der Waals surface area contributed by atoms with Gasteiger partial charge < -0.3 is 10.6 Å². The van der Waals surface area contributed by atoms with Crippen molar-refractivity contribution in [2.75, 3.05) is 11.9 Å². The van der Waals surface area contributed by atoms with Crippen molar-refractivity contribution in [2.24, 2.45) is 5.73 Å². The molecule has 1 aromatic rings. The van der Waals surface area contributed by atoms with E-state index in [1.807, 2.05) is 7.05 Å². The second-order valence-electron chi connectivity index (χ2n) is 5.34. The highest BCUT2D eigenvalue weighted by Gasteiger charge is 2.33. The fraction of sp³-hybridized carbons (Fsp3) is 0.500. The van der Waals surface area contributed by atoms with Gasteiger partial charge in [0.15, 0.2) is 0 Å². The first-order chi connectivity index (χ1) is 8.10. The maximum absolute atomic E-state index is 11.6. The number of anilines is 1. The molecule has 2 N–H and O–H groups in total. The fourth-order valence-electron chi connectivity index (χ4n) is 3.05. The Morgan fingerprint density at radius 1 is 1.29 bits per heavy atom.